The Morgan fingerprint density at radius 3 is 3.00 bits per heavy atom. The van der Waals surface area contributed by atoms with E-state index in [9.17, 15) is 0 Å². The summed E-state index contributed by atoms with van der Waals surface area (Å²) in [6.45, 7) is 7.23. The third-order valence-electron chi connectivity index (χ3n) is 3.27. The van der Waals surface area contributed by atoms with Gasteiger partial charge in [0.05, 0.1) is 6.54 Å². The molecule has 0 aromatic carbocycles. The molecule has 1 aromatic rings. The molecule has 0 aliphatic carbocycles. The van der Waals surface area contributed by atoms with Crippen molar-refractivity contribution in [2.45, 2.75) is 39.2 Å². The third kappa shape index (κ3) is 3.26. The SMILES string of the molecule is CC(C)c1noc(CN2CCC(CCO)C2)n1. The van der Waals surface area contributed by atoms with E-state index in [1.54, 1.807) is 0 Å². The van der Waals surface area contributed by atoms with E-state index in [0.717, 1.165) is 38.3 Å². The van der Waals surface area contributed by atoms with Crippen LogP contribution in [0.3, 0.4) is 0 Å². The minimum Gasteiger partial charge on any atom is -0.396 e. The van der Waals surface area contributed by atoms with Crippen molar-refractivity contribution in [1.29, 1.82) is 0 Å². The van der Waals surface area contributed by atoms with Gasteiger partial charge in [0.1, 0.15) is 0 Å². The van der Waals surface area contributed by atoms with Gasteiger partial charge in [-0.25, -0.2) is 0 Å². The van der Waals surface area contributed by atoms with E-state index >= 15 is 0 Å². The summed E-state index contributed by atoms with van der Waals surface area (Å²) in [5.41, 5.74) is 0. The number of rotatable bonds is 5. The standard InChI is InChI=1S/C12H21N3O2/c1-9(2)12-13-11(17-14-12)8-15-5-3-10(7-15)4-6-16/h9-10,16H,3-8H2,1-2H3. The van der Waals surface area contributed by atoms with E-state index in [1.165, 1.54) is 0 Å². The maximum absolute atomic E-state index is 8.91. The second-order valence-corrected chi connectivity index (χ2v) is 5.10. The monoisotopic (exact) mass is 239 g/mol. The van der Waals surface area contributed by atoms with E-state index in [4.69, 9.17) is 9.63 Å². The van der Waals surface area contributed by atoms with Gasteiger partial charge in [-0.1, -0.05) is 19.0 Å². The van der Waals surface area contributed by atoms with Gasteiger partial charge >= 0.3 is 0 Å². The summed E-state index contributed by atoms with van der Waals surface area (Å²) in [6, 6.07) is 0. The average molecular weight is 239 g/mol. The number of hydrogen-bond acceptors (Lipinski definition) is 5. The van der Waals surface area contributed by atoms with Gasteiger partial charge in [-0.3, -0.25) is 4.90 Å². The highest BCUT2D eigenvalue weighted by Gasteiger charge is 2.23. The van der Waals surface area contributed by atoms with Crippen LogP contribution in [0.25, 0.3) is 0 Å². The minimum atomic E-state index is 0.288. The second kappa shape index (κ2) is 5.60. The summed E-state index contributed by atoms with van der Waals surface area (Å²) in [4.78, 5) is 6.69. The molecule has 0 spiro atoms. The van der Waals surface area contributed by atoms with Crippen LogP contribution in [0.2, 0.25) is 0 Å². The molecule has 1 aromatic heterocycles. The van der Waals surface area contributed by atoms with E-state index in [0.29, 0.717) is 17.7 Å². The van der Waals surface area contributed by atoms with Gasteiger partial charge in [0.15, 0.2) is 5.82 Å². The molecular formula is C12H21N3O2. The van der Waals surface area contributed by atoms with Gasteiger partial charge in [-0.05, 0) is 25.3 Å². The van der Waals surface area contributed by atoms with Crippen molar-refractivity contribution in [2.24, 2.45) is 5.92 Å². The largest absolute Gasteiger partial charge is 0.396 e. The fourth-order valence-electron chi connectivity index (χ4n) is 2.23. The Bertz CT molecular complexity index is 351. The van der Waals surface area contributed by atoms with Gasteiger partial charge in [0.2, 0.25) is 5.89 Å². The quantitative estimate of drug-likeness (QED) is 0.841. The summed E-state index contributed by atoms with van der Waals surface area (Å²) in [5, 5.41) is 12.9. The lowest BCUT2D eigenvalue weighted by molar-refractivity contribution is 0.236. The Labute approximate surface area is 102 Å². The van der Waals surface area contributed by atoms with Crippen LogP contribution in [0.4, 0.5) is 0 Å². The Hall–Kier alpha value is -0.940. The van der Waals surface area contributed by atoms with Crippen molar-refractivity contribution >= 4 is 0 Å². The number of aliphatic hydroxyl groups is 1. The molecule has 0 bridgehead atoms. The Morgan fingerprint density at radius 1 is 1.53 bits per heavy atom. The average Bonchev–Trinajstić information content (AvgIpc) is 2.89. The molecule has 0 amide bonds. The summed E-state index contributed by atoms with van der Waals surface area (Å²) in [5.74, 6) is 2.42. The first-order valence-corrected chi connectivity index (χ1v) is 6.34. The minimum absolute atomic E-state index is 0.288. The van der Waals surface area contributed by atoms with Crippen molar-refractivity contribution < 1.29 is 9.63 Å². The Morgan fingerprint density at radius 2 is 2.35 bits per heavy atom. The molecule has 1 atom stereocenters. The van der Waals surface area contributed by atoms with Crippen molar-refractivity contribution in [2.75, 3.05) is 19.7 Å². The van der Waals surface area contributed by atoms with Crippen LogP contribution in [0.5, 0.6) is 0 Å². The lowest BCUT2D eigenvalue weighted by Crippen LogP contribution is -2.20. The molecule has 0 saturated carbocycles. The first-order valence-electron chi connectivity index (χ1n) is 6.34. The summed E-state index contributed by atoms with van der Waals surface area (Å²) >= 11 is 0. The van der Waals surface area contributed by atoms with E-state index in [1.807, 2.05) is 0 Å². The number of aromatic nitrogens is 2. The van der Waals surface area contributed by atoms with Gasteiger partial charge in [0.25, 0.3) is 0 Å². The van der Waals surface area contributed by atoms with Gasteiger partial charge in [-0.15, -0.1) is 0 Å². The number of likely N-dealkylation sites (tertiary alicyclic amines) is 1. The smallest absolute Gasteiger partial charge is 0.240 e. The lowest BCUT2D eigenvalue weighted by Gasteiger charge is -2.12. The van der Waals surface area contributed by atoms with E-state index in [2.05, 4.69) is 28.9 Å². The molecule has 1 N–H and O–H groups in total. The topological polar surface area (TPSA) is 62.4 Å². The highest BCUT2D eigenvalue weighted by atomic mass is 16.5. The molecule has 1 aliphatic rings. The summed E-state index contributed by atoms with van der Waals surface area (Å²) in [6.07, 6.45) is 2.06. The van der Waals surface area contributed by atoms with Gasteiger partial charge in [0, 0.05) is 19.1 Å². The third-order valence-corrected chi connectivity index (χ3v) is 3.27. The Balaban J connectivity index is 1.85. The van der Waals surface area contributed by atoms with Gasteiger partial charge in [-0.2, -0.15) is 4.98 Å². The van der Waals surface area contributed by atoms with E-state index in [-0.39, 0.29) is 6.61 Å². The number of aliphatic hydroxyl groups excluding tert-OH is 1. The van der Waals surface area contributed by atoms with Crippen molar-refractivity contribution in [3.63, 3.8) is 0 Å². The maximum Gasteiger partial charge on any atom is 0.240 e. The molecule has 5 nitrogen and oxygen atoms in total. The fourth-order valence-corrected chi connectivity index (χ4v) is 2.23. The van der Waals surface area contributed by atoms with Crippen LogP contribution >= 0.6 is 0 Å². The zero-order valence-corrected chi connectivity index (χ0v) is 10.6. The highest BCUT2D eigenvalue weighted by Crippen LogP contribution is 2.21. The highest BCUT2D eigenvalue weighted by molar-refractivity contribution is 4.92. The molecule has 5 heteroatoms. The first kappa shape index (κ1) is 12.5. The van der Waals surface area contributed by atoms with Crippen LogP contribution in [0.15, 0.2) is 4.52 Å². The second-order valence-electron chi connectivity index (χ2n) is 5.10. The molecule has 17 heavy (non-hydrogen) atoms. The number of hydrogen-bond donors (Lipinski definition) is 1. The molecule has 96 valence electrons. The van der Waals surface area contributed by atoms with Crippen molar-refractivity contribution in [1.82, 2.24) is 15.0 Å². The van der Waals surface area contributed by atoms with Crippen molar-refractivity contribution in [3.8, 4) is 0 Å². The predicted octanol–water partition coefficient (Wildman–Crippen LogP) is 1.40. The fraction of sp³-hybridized carbons (Fsp3) is 0.833. The van der Waals surface area contributed by atoms with Crippen LogP contribution in [-0.4, -0.2) is 39.8 Å². The normalized spacial score (nSPS) is 21.5. The molecule has 1 saturated heterocycles. The van der Waals surface area contributed by atoms with Crippen LogP contribution in [0.1, 0.15) is 44.3 Å². The Kier molecular flexibility index (Phi) is 4.12. The number of nitrogens with zero attached hydrogens (tertiary/aromatic N) is 3. The van der Waals surface area contributed by atoms with Crippen LogP contribution in [-0.2, 0) is 6.54 Å². The van der Waals surface area contributed by atoms with E-state index < -0.39 is 0 Å². The summed E-state index contributed by atoms with van der Waals surface area (Å²) < 4.78 is 5.23. The molecule has 2 rings (SSSR count). The van der Waals surface area contributed by atoms with Gasteiger partial charge < -0.3 is 9.63 Å². The summed E-state index contributed by atoms with van der Waals surface area (Å²) in [7, 11) is 0. The lowest BCUT2D eigenvalue weighted by atomic mass is 10.1. The molecule has 0 radical (unpaired) electrons. The molecule has 1 aliphatic heterocycles. The predicted molar refractivity (Wildman–Crippen MR) is 63.5 cm³/mol. The molecule has 1 fully saturated rings. The molecular weight excluding hydrogens is 218 g/mol. The zero-order chi connectivity index (χ0) is 12.3. The zero-order valence-electron chi connectivity index (χ0n) is 10.6. The maximum atomic E-state index is 8.91. The first-order chi connectivity index (χ1) is 8.19. The van der Waals surface area contributed by atoms with Crippen molar-refractivity contribution in [3.05, 3.63) is 11.7 Å². The molecule has 1 unspecified atom stereocenters. The van der Waals surface area contributed by atoms with Crippen LogP contribution in [0, 0.1) is 5.92 Å². The molecule has 2 heterocycles. The van der Waals surface area contributed by atoms with Crippen LogP contribution < -0.4 is 0 Å².